The van der Waals surface area contributed by atoms with Crippen LogP contribution in [0, 0.1) is 0 Å². The van der Waals surface area contributed by atoms with E-state index in [1.165, 1.54) is 12.1 Å². The summed E-state index contributed by atoms with van der Waals surface area (Å²) in [6, 6.07) is 5.87. The van der Waals surface area contributed by atoms with Crippen molar-refractivity contribution in [3.63, 3.8) is 0 Å². The Bertz CT molecular complexity index is 613. The van der Waals surface area contributed by atoms with Crippen LogP contribution in [-0.2, 0) is 6.42 Å². The van der Waals surface area contributed by atoms with E-state index in [4.69, 9.17) is 5.73 Å². The monoisotopic (exact) mass is 310 g/mol. The molecular weight excluding hydrogens is 293 g/mol. The van der Waals surface area contributed by atoms with Gasteiger partial charge in [0.1, 0.15) is 5.75 Å². The molecule has 1 aromatic carbocycles. The van der Waals surface area contributed by atoms with Crippen molar-refractivity contribution in [2.75, 3.05) is 6.54 Å². The second-order valence-electron chi connectivity index (χ2n) is 4.92. The molecule has 0 aromatic heterocycles. The lowest BCUT2D eigenvalue weighted by molar-refractivity contribution is -0.274. The maximum atomic E-state index is 12.1. The van der Waals surface area contributed by atoms with Crippen LogP contribution in [0.1, 0.15) is 12.5 Å². The number of ether oxygens (including phenoxy) is 1. The van der Waals surface area contributed by atoms with E-state index in [9.17, 15) is 13.2 Å². The standard InChI is InChI=1S/C16H17F3N2O/c1-11-8-13(15(6-7-20)21-10-11)9-12-2-4-14(5-3-12)22-16(17,18)19/h2-6,8,10,21H,7,9,20H2,1H3/b15-6-. The molecule has 0 unspecified atom stereocenters. The van der Waals surface area contributed by atoms with E-state index in [1.807, 2.05) is 25.3 Å². The van der Waals surface area contributed by atoms with E-state index in [1.54, 1.807) is 12.1 Å². The molecule has 6 heteroatoms. The van der Waals surface area contributed by atoms with E-state index in [-0.39, 0.29) is 5.75 Å². The number of halogens is 3. The van der Waals surface area contributed by atoms with Crippen molar-refractivity contribution < 1.29 is 17.9 Å². The number of benzene rings is 1. The first kappa shape index (κ1) is 16.2. The summed E-state index contributed by atoms with van der Waals surface area (Å²) >= 11 is 0. The summed E-state index contributed by atoms with van der Waals surface area (Å²) in [5, 5.41) is 3.16. The molecule has 118 valence electrons. The largest absolute Gasteiger partial charge is 0.573 e. The quantitative estimate of drug-likeness (QED) is 0.896. The summed E-state index contributed by atoms with van der Waals surface area (Å²) in [7, 11) is 0. The number of nitrogens with two attached hydrogens (primary N) is 1. The first-order valence-electron chi connectivity index (χ1n) is 6.76. The lowest BCUT2D eigenvalue weighted by Crippen LogP contribution is -2.17. The number of alkyl halides is 3. The zero-order valence-corrected chi connectivity index (χ0v) is 12.1. The molecule has 0 bridgehead atoms. The number of rotatable bonds is 4. The minimum Gasteiger partial charge on any atom is -0.406 e. The van der Waals surface area contributed by atoms with Crippen LogP contribution in [0.2, 0.25) is 0 Å². The molecule has 0 atom stereocenters. The van der Waals surface area contributed by atoms with Crippen LogP contribution in [0.15, 0.2) is 59.5 Å². The molecule has 3 N–H and O–H groups in total. The number of nitrogens with one attached hydrogen (secondary N) is 1. The molecule has 0 saturated heterocycles. The molecule has 2 rings (SSSR count). The number of dihydropyridines is 1. The summed E-state index contributed by atoms with van der Waals surface area (Å²) in [6.07, 6.45) is 1.70. The molecule has 0 fully saturated rings. The lowest BCUT2D eigenvalue weighted by Gasteiger charge is -2.18. The Balaban J connectivity index is 2.12. The average molecular weight is 310 g/mol. The Kier molecular flexibility index (Phi) is 4.92. The fourth-order valence-corrected chi connectivity index (χ4v) is 2.16. The minimum atomic E-state index is -4.67. The second kappa shape index (κ2) is 6.70. The van der Waals surface area contributed by atoms with Crippen LogP contribution in [-0.4, -0.2) is 12.9 Å². The van der Waals surface area contributed by atoms with Gasteiger partial charge in [-0.15, -0.1) is 13.2 Å². The highest BCUT2D eigenvalue weighted by Gasteiger charge is 2.30. The number of allylic oxidation sites excluding steroid dienone is 3. The van der Waals surface area contributed by atoms with Gasteiger partial charge in [-0.1, -0.05) is 18.2 Å². The highest BCUT2D eigenvalue weighted by atomic mass is 19.4. The average Bonchev–Trinajstić information content (AvgIpc) is 2.42. The fourth-order valence-electron chi connectivity index (χ4n) is 2.16. The molecule has 3 nitrogen and oxygen atoms in total. The van der Waals surface area contributed by atoms with Gasteiger partial charge in [-0.25, -0.2) is 0 Å². The summed E-state index contributed by atoms with van der Waals surface area (Å²) in [5.41, 5.74) is 9.46. The Labute approximate surface area is 127 Å². The zero-order chi connectivity index (χ0) is 16.2. The summed E-state index contributed by atoms with van der Waals surface area (Å²) in [6.45, 7) is 2.37. The summed E-state index contributed by atoms with van der Waals surface area (Å²) in [4.78, 5) is 0. The van der Waals surface area contributed by atoms with Gasteiger partial charge in [0, 0.05) is 18.4 Å². The Morgan fingerprint density at radius 2 is 1.91 bits per heavy atom. The topological polar surface area (TPSA) is 47.3 Å². The van der Waals surface area contributed by atoms with E-state index in [2.05, 4.69) is 10.1 Å². The van der Waals surface area contributed by atoms with Gasteiger partial charge in [0.15, 0.2) is 0 Å². The molecule has 0 spiro atoms. The van der Waals surface area contributed by atoms with Crippen LogP contribution < -0.4 is 15.8 Å². The van der Waals surface area contributed by atoms with E-state index < -0.39 is 6.36 Å². The van der Waals surface area contributed by atoms with Gasteiger partial charge in [0.2, 0.25) is 0 Å². The van der Waals surface area contributed by atoms with Crippen molar-refractivity contribution in [3.05, 3.63) is 65.0 Å². The third kappa shape index (κ3) is 4.66. The number of hydrogen-bond acceptors (Lipinski definition) is 3. The van der Waals surface area contributed by atoms with Crippen molar-refractivity contribution in [2.24, 2.45) is 5.73 Å². The van der Waals surface area contributed by atoms with E-state index in [0.717, 1.165) is 22.4 Å². The van der Waals surface area contributed by atoms with Gasteiger partial charge in [-0.05, 0) is 48.3 Å². The number of hydrogen-bond donors (Lipinski definition) is 2. The predicted molar refractivity (Wildman–Crippen MR) is 78.9 cm³/mol. The molecule has 0 radical (unpaired) electrons. The smallest absolute Gasteiger partial charge is 0.406 e. The van der Waals surface area contributed by atoms with E-state index in [0.29, 0.717) is 13.0 Å². The van der Waals surface area contributed by atoms with Gasteiger partial charge < -0.3 is 15.8 Å². The van der Waals surface area contributed by atoms with E-state index >= 15 is 0 Å². The normalized spacial score (nSPS) is 16.9. The van der Waals surface area contributed by atoms with Gasteiger partial charge in [0.25, 0.3) is 0 Å². The molecule has 1 aromatic rings. The summed E-state index contributed by atoms with van der Waals surface area (Å²) in [5.74, 6) is -0.221. The third-order valence-electron chi connectivity index (χ3n) is 3.08. The Hall–Kier alpha value is -2.21. The van der Waals surface area contributed by atoms with Crippen LogP contribution in [0.4, 0.5) is 13.2 Å². The van der Waals surface area contributed by atoms with Crippen molar-refractivity contribution in [2.45, 2.75) is 19.7 Å². The van der Waals surface area contributed by atoms with Crippen molar-refractivity contribution in [3.8, 4) is 5.75 Å². The van der Waals surface area contributed by atoms with Crippen LogP contribution in [0.25, 0.3) is 0 Å². The molecule has 22 heavy (non-hydrogen) atoms. The van der Waals surface area contributed by atoms with Gasteiger partial charge in [0.05, 0.1) is 0 Å². The minimum absolute atomic E-state index is 0.221. The Morgan fingerprint density at radius 1 is 1.23 bits per heavy atom. The molecular formula is C16H17F3N2O. The van der Waals surface area contributed by atoms with Crippen molar-refractivity contribution in [1.82, 2.24) is 5.32 Å². The van der Waals surface area contributed by atoms with Crippen LogP contribution in [0.3, 0.4) is 0 Å². The van der Waals surface area contributed by atoms with Gasteiger partial charge in [-0.2, -0.15) is 0 Å². The van der Waals surface area contributed by atoms with Gasteiger partial charge >= 0.3 is 6.36 Å². The molecule has 1 heterocycles. The zero-order valence-electron chi connectivity index (χ0n) is 12.1. The molecule has 0 amide bonds. The van der Waals surface area contributed by atoms with Crippen molar-refractivity contribution >= 4 is 0 Å². The maximum Gasteiger partial charge on any atom is 0.573 e. The van der Waals surface area contributed by atoms with Crippen LogP contribution >= 0.6 is 0 Å². The third-order valence-corrected chi connectivity index (χ3v) is 3.08. The first-order chi connectivity index (χ1) is 10.4. The predicted octanol–water partition coefficient (Wildman–Crippen LogP) is 3.40. The second-order valence-corrected chi connectivity index (χ2v) is 4.92. The van der Waals surface area contributed by atoms with Crippen LogP contribution in [0.5, 0.6) is 5.75 Å². The summed E-state index contributed by atoms with van der Waals surface area (Å²) < 4.78 is 40.2. The Morgan fingerprint density at radius 3 is 2.50 bits per heavy atom. The lowest BCUT2D eigenvalue weighted by atomic mass is 9.98. The highest BCUT2D eigenvalue weighted by Crippen LogP contribution is 2.25. The maximum absolute atomic E-state index is 12.1. The van der Waals surface area contributed by atoms with Gasteiger partial charge in [-0.3, -0.25) is 0 Å². The molecule has 1 aliphatic heterocycles. The van der Waals surface area contributed by atoms with Crippen molar-refractivity contribution in [1.29, 1.82) is 0 Å². The highest BCUT2D eigenvalue weighted by molar-refractivity contribution is 5.44. The first-order valence-corrected chi connectivity index (χ1v) is 6.76. The fraction of sp³-hybridized carbons (Fsp3) is 0.250. The molecule has 0 aliphatic carbocycles. The SMILES string of the molecule is CC1=CN/C(=C\CN)C(Cc2ccc(OC(F)(F)F)cc2)=C1. The molecule has 1 aliphatic rings. The molecule has 0 saturated carbocycles.